The number of hydrogen-bond donors (Lipinski definition) is 2. The Morgan fingerprint density at radius 1 is 1.31 bits per heavy atom. The molecule has 0 aliphatic heterocycles. The molecule has 1 aromatic carbocycles. The number of nitrogens with two attached hydrogens (primary N) is 1. The minimum Gasteiger partial charge on any atom is -0.386 e. The summed E-state index contributed by atoms with van der Waals surface area (Å²) in [6, 6.07) is 9.80. The van der Waals surface area contributed by atoms with Crippen LogP contribution in [0.2, 0.25) is 0 Å². The minimum absolute atomic E-state index is 0. The summed E-state index contributed by atoms with van der Waals surface area (Å²) in [6.45, 7) is 0.718. The van der Waals surface area contributed by atoms with Gasteiger partial charge in [-0.05, 0) is 5.56 Å². The van der Waals surface area contributed by atoms with Crippen molar-refractivity contribution in [2.45, 2.75) is 6.61 Å². The highest BCUT2D eigenvalue weighted by Gasteiger charge is 1.91. The Morgan fingerprint density at radius 2 is 1.92 bits per heavy atom. The largest absolute Gasteiger partial charge is 0.386 e. The Morgan fingerprint density at radius 3 is 2.46 bits per heavy atom. The summed E-state index contributed by atoms with van der Waals surface area (Å²) in [4.78, 5) is 0. The van der Waals surface area contributed by atoms with E-state index < -0.39 is 0 Å². The van der Waals surface area contributed by atoms with E-state index in [4.69, 9.17) is 15.9 Å². The lowest BCUT2D eigenvalue weighted by atomic mass is 10.2. The van der Waals surface area contributed by atoms with Gasteiger partial charge in [-0.1, -0.05) is 30.3 Å². The number of rotatable bonds is 4. The Balaban J connectivity index is 0.00000144. The number of hydrogen-bond acceptors (Lipinski definition) is 2. The zero-order chi connectivity index (χ0) is 8.81. The number of nitrogens with one attached hydrogen (secondary N) is 1. The maximum absolute atomic E-state index is 6.91. The number of ether oxygens (including phenoxy) is 1. The van der Waals surface area contributed by atoms with Crippen LogP contribution in [0.3, 0.4) is 0 Å². The molecule has 3 N–H and O–H groups in total. The van der Waals surface area contributed by atoms with Crippen LogP contribution < -0.4 is 5.73 Å². The first-order valence-corrected chi connectivity index (χ1v) is 3.73. The molecule has 0 saturated heterocycles. The van der Waals surface area contributed by atoms with Gasteiger partial charge in [0.1, 0.15) is 12.4 Å². The summed E-state index contributed by atoms with van der Waals surface area (Å²) in [7, 11) is 0. The maximum Gasteiger partial charge on any atom is 0.117 e. The topological polar surface area (TPSA) is 59.1 Å². The Kier molecular flexibility index (Phi) is 5.93. The molecule has 0 radical (unpaired) electrons. The third-order valence-corrected chi connectivity index (χ3v) is 1.37. The molecule has 3 nitrogen and oxygen atoms in total. The van der Waals surface area contributed by atoms with Crippen molar-refractivity contribution in [3.05, 3.63) is 35.9 Å². The smallest absolute Gasteiger partial charge is 0.117 e. The molecule has 1 aromatic rings. The van der Waals surface area contributed by atoms with Crippen molar-refractivity contribution in [3.63, 3.8) is 0 Å². The number of benzene rings is 1. The van der Waals surface area contributed by atoms with E-state index in [-0.39, 0.29) is 24.8 Å². The van der Waals surface area contributed by atoms with Crippen molar-refractivity contribution in [1.82, 2.24) is 0 Å². The molecule has 72 valence electrons. The van der Waals surface area contributed by atoms with E-state index in [1.165, 1.54) is 0 Å². The van der Waals surface area contributed by atoms with E-state index in [0.717, 1.165) is 5.56 Å². The molecule has 13 heavy (non-hydrogen) atoms. The molecule has 0 heterocycles. The molecule has 0 aromatic heterocycles. The van der Waals surface area contributed by atoms with E-state index in [1.54, 1.807) is 0 Å². The minimum atomic E-state index is 0. The van der Waals surface area contributed by atoms with Crippen LogP contribution in [0, 0.1) is 5.41 Å². The highest BCUT2D eigenvalue weighted by atomic mass is 35.5. The van der Waals surface area contributed by atoms with Gasteiger partial charge in [-0.15, -0.1) is 12.4 Å². The maximum atomic E-state index is 6.91. The van der Waals surface area contributed by atoms with E-state index in [1.807, 2.05) is 30.3 Å². The molecule has 0 spiro atoms. The lowest BCUT2D eigenvalue weighted by Gasteiger charge is -2.01. The average molecular weight is 201 g/mol. The Bertz CT molecular complexity index is 251. The van der Waals surface area contributed by atoms with Gasteiger partial charge in [0.05, 0.1) is 6.61 Å². The normalized spacial score (nSPS) is 8.92. The van der Waals surface area contributed by atoms with Crippen molar-refractivity contribution in [1.29, 1.82) is 5.41 Å². The van der Waals surface area contributed by atoms with Crippen LogP contribution in [0.4, 0.5) is 0 Å². The van der Waals surface area contributed by atoms with Gasteiger partial charge in [-0.2, -0.15) is 0 Å². The van der Waals surface area contributed by atoms with Crippen molar-refractivity contribution in [2.24, 2.45) is 5.73 Å². The fourth-order valence-electron chi connectivity index (χ4n) is 0.853. The van der Waals surface area contributed by atoms with Crippen molar-refractivity contribution in [3.8, 4) is 0 Å². The van der Waals surface area contributed by atoms with Crippen LogP contribution in [0.1, 0.15) is 5.56 Å². The summed E-state index contributed by atoms with van der Waals surface area (Å²) in [6.07, 6.45) is 0. The summed E-state index contributed by atoms with van der Waals surface area (Å²) in [5.41, 5.74) is 6.21. The van der Waals surface area contributed by atoms with Crippen LogP contribution in [-0.4, -0.2) is 12.4 Å². The van der Waals surface area contributed by atoms with Crippen LogP contribution >= 0.6 is 12.4 Å². The van der Waals surface area contributed by atoms with Crippen molar-refractivity contribution < 1.29 is 4.74 Å². The summed E-state index contributed by atoms with van der Waals surface area (Å²) in [5.74, 6) is 0.0610. The van der Waals surface area contributed by atoms with E-state index >= 15 is 0 Å². The standard InChI is InChI=1S/C9H12N2O.ClH/c10-9(11)7-12-6-8-4-2-1-3-5-8;/h1-5H,6-7H2,(H3,10,11);1H. The zero-order valence-electron chi connectivity index (χ0n) is 7.19. The molecule has 0 amide bonds. The van der Waals surface area contributed by atoms with Crippen LogP contribution in [0.5, 0.6) is 0 Å². The highest BCUT2D eigenvalue weighted by Crippen LogP contribution is 1.99. The van der Waals surface area contributed by atoms with E-state index in [2.05, 4.69) is 0 Å². The monoisotopic (exact) mass is 200 g/mol. The quantitative estimate of drug-likeness (QED) is 0.573. The predicted molar refractivity (Wildman–Crippen MR) is 55.3 cm³/mol. The Hall–Kier alpha value is -1.06. The number of halogens is 1. The third-order valence-electron chi connectivity index (χ3n) is 1.37. The molecule has 0 aliphatic rings. The first kappa shape index (κ1) is 11.9. The molecule has 0 bridgehead atoms. The zero-order valence-corrected chi connectivity index (χ0v) is 8.01. The molecule has 1 rings (SSSR count). The lowest BCUT2D eigenvalue weighted by Crippen LogP contribution is -2.16. The number of amidine groups is 1. The second-order valence-electron chi connectivity index (χ2n) is 2.50. The average Bonchev–Trinajstić information content (AvgIpc) is 2.05. The van der Waals surface area contributed by atoms with Crippen LogP contribution in [-0.2, 0) is 11.3 Å². The summed E-state index contributed by atoms with van der Waals surface area (Å²) >= 11 is 0. The van der Waals surface area contributed by atoms with Gasteiger partial charge in [0.25, 0.3) is 0 Å². The van der Waals surface area contributed by atoms with Gasteiger partial charge in [0.15, 0.2) is 0 Å². The van der Waals surface area contributed by atoms with Gasteiger partial charge >= 0.3 is 0 Å². The first-order chi connectivity index (χ1) is 5.79. The van der Waals surface area contributed by atoms with Gasteiger partial charge in [0, 0.05) is 0 Å². The lowest BCUT2D eigenvalue weighted by molar-refractivity contribution is 0.157. The molecular weight excluding hydrogens is 188 g/mol. The van der Waals surface area contributed by atoms with Crippen LogP contribution in [0.25, 0.3) is 0 Å². The van der Waals surface area contributed by atoms with Gasteiger partial charge in [-0.3, -0.25) is 5.41 Å². The SMILES string of the molecule is Cl.N=C(N)COCc1ccccc1. The fraction of sp³-hybridized carbons (Fsp3) is 0.222. The molecule has 0 atom stereocenters. The van der Waals surface area contributed by atoms with Gasteiger partial charge in [0.2, 0.25) is 0 Å². The third kappa shape index (κ3) is 5.22. The molecule has 0 unspecified atom stereocenters. The van der Waals surface area contributed by atoms with Gasteiger partial charge < -0.3 is 10.5 Å². The first-order valence-electron chi connectivity index (χ1n) is 3.73. The molecular formula is C9H13ClN2O. The summed E-state index contributed by atoms with van der Waals surface area (Å²) < 4.78 is 5.13. The second-order valence-corrected chi connectivity index (χ2v) is 2.50. The Labute approximate surface area is 83.8 Å². The molecule has 4 heteroatoms. The van der Waals surface area contributed by atoms with Crippen LogP contribution in [0.15, 0.2) is 30.3 Å². The molecule has 0 aliphatic carbocycles. The molecule has 0 saturated carbocycles. The summed E-state index contributed by atoms with van der Waals surface area (Å²) in [5, 5.41) is 6.91. The van der Waals surface area contributed by atoms with E-state index in [0.29, 0.717) is 6.61 Å². The fourth-order valence-corrected chi connectivity index (χ4v) is 0.853. The highest BCUT2D eigenvalue weighted by molar-refractivity contribution is 5.85. The second kappa shape index (κ2) is 6.46. The van der Waals surface area contributed by atoms with Crippen molar-refractivity contribution in [2.75, 3.05) is 6.61 Å². The van der Waals surface area contributed by atoms with Gasteiger partial charge in [-0.25, -0.2) is 0 Å². The predicted octanol–water partition coefficient (Wildman–Crippen LogP) is 1.56. The van der Waals surface area contributed by atoms with Crippen molar-refractivity contribution >= 4 is 18.2 Å². The van der Waals surface area contributed by atoms with E-state index in [9.17, 15) is 0 Å². The molecule has 0 fully saturated rings.